The average molecular weight is 534 g/mol. The van der Waals surface area contributed by atoms with Gasteiger partial charge >= 0.3 is 0 Å². The van der Waals surface area contributed by atoms with Gasteiger partial charge in [0.15, 0.2) is 5.82 Å². The number of nitrogens with two attached hydrogens (primary N) is 1. The Balaban J connectivity index is 1.08. The first-order chi connectivity index (χ1) is 18.4. The second-order valence-corrected chi connectivity index (χ2v) is 11.1. The summed E-state index contributed by atoms with van der Waals surface area (Å²) in [6, 6.07) is 0.724. The van der Waals surface area contributed by atoms with Crippen LogP contribution in [0.4, 0.5) is 20.2 Å². The number of rotatable bonds is 5. The standard InChI is InChI=1S/C25H37F2N9O2/c26-16-11-30-23-20(22(28)32-36(23)14-16)24(37)31-19-13-29-12-18(27)21(19)34-5-3-15(4-6-34)25(38)35-9-7-33(8-10-35)17-1-2-17/h12-13,15-17,20,22-23,30,32H,1-11,14,28H2,(H,31,37). The van der Waals surface area contributed by atoms with Crippen LogP contribution in [-0.4, -0.2) is 109 Å². The van der Waals surface area contributed by atoms with Gasteiger partial charge in [0.25, 0.3) is 0 Å². The summed E-state index contributed by atoms with van der Waals surface area (Å²) in [4.78, 5) is 36.8. The minimum absolute atomic E-state index is 0.0769. The summed E-state index contributed by atoms with van der Waals surface area (Å²) in [6.07, 6.45) is 4.14. The lowest BCUT2D eigenvalue weighted by molar-refractivity contribution is -0.138. The number of aromatic nitrogens is 1. The lowest BCUT2D eigenvalue weighted by atomic mass is 9.94. The number of carbonyl (C=O) groups excluding carboxylic acids is 2. The van der Waals surface area contributed by atoms with Crippen LogP contribution in [-0.2, 0) is 9.59 Å². The number of halogens is 2. The quantitative estimate of drug-likeness (QED) is 0.403. The second kappa shape index (κ2) is 10.6. The molecule has 4 saturated heterocycles. The van der Waals surface area contributed by atoms with Gasteiger partial charge in [0.05, 0.1) is 36.3 Å². The van der Waals surface area contributed by atoms with Gasteiger partial charge < -0.3 is 20.9 Å². The van der Waals surface area contributed by atoms with Gasteiger partial charge in [-0.15, -0.1) is 0 Å². The van der Waals surface area contributed by atoms with E-state index in [-0.39, 0.29) is 36.3 Å². The van der Waals surface area contributed by atoms with E-state index in [4.69, 9.17) is 5.73 Å². The normalized spacial score (nSPS) is 31.3. The van der Waals surface area contributed by atoms with Gasteiger partial charge in [-0.05, 0) is 25.7 Å². The number of amides is 2. The first kappa shape index (κ1) is 25.8. The molecule has 0 spiro atoms. The highest BCUT2D eigenvalue weighted by atomic mass is 19.1. The van der Waals surface area contributed by atoms with Gasteiger partial charge in [0.2, 0.25) is 11.8 Å². The van der Waals surface area contributed by atoms with Crippen molar-refractivity contribution in [3.8, 4) is 0 Å². The maximum absolute atomic E-state index is 15.1. The first-order valence-electron chi connectivity index (χ1n) is 13.8. The fourth-order valence-electron chi connectivity index (χ4n) is 6.39. The third-order valence-corrected chi connectivity index (χ3v) is 8.60. The van der Waals surface area contributed by atoms with Crippen LogP contribution in [0.2, 0.25) is 0 Å². The fourth-order valence-corrected chi connectivity index (χ4v) is 6.39. The maximum atomic E-state index is 15.1. The Kier molecular flexibility index (Phi) is 7.20. The van der Waals surface area contributed by atoms with E-state index in [1.165, 1.54) is 19.0 Å². The molecular weight excluding hydrogens is 496 g/mol. The van der Waals surface area contributed by atoms with Gasteiger partial charge in [-0.3, -0.25) is 24.8 Å². The van der Waals surface area contributed by atoms with Crippen LogP contribution in [0.25, 0.3) is 0 Å². The molecule has 5 fully saturated rings. The van der Waals surface area contributed by atoms with Gasteiger partial charge in [0, 0.05) is 64.3 Å². The number of carbonyl (C=O) groups is 2. The van der Waals surface area contributed by atoms with E-state index < -0.39 is 36.1 Å². The van der Waals surface area contributed by atoms with Crippen molar-refractivity contribution in [2.45, 2.75) is 50.2 Å². The molecule has 5 N–H and O–H groups in total. The number of hydrogen-bond acceptors (Lipinski definition) is 9. The predicted octanol–water partition coefficient (Wildman–Crippen LogP) is -0.329. The highest BCUT2D eigenvalue weighted by Crippen LogP contribution is 2.34. The molecule has 4 unspecified atom stereocenters. The second-order valence-electron chi connectivity index (χ2n) is 11.1. The van der Waals surface area contributed by atoms with Crippen LogP contribution in [0.3, 0.4) is 0 Å². The topological polar surface area (TPSA) is 122 Å². The van der Waals surface area contributed by atoms with Crippen LogP contribution in [0.15, 0.2) is 12.4 Å². The van der Waals surface area contributed by atoms with E-state index in [0.717, 1.165) is 38.4 Å². The van der Waals surface area contributed by atoms with Crippen molar-refractivity contribution in [3.05, 3.63) is 18.2 Å². The number of pyridine rings is 1. The predicted molar refractivity (Wildman–Crippen MR) is 137 cm³/mol. The van der Waals surface area contributed by atoms with E-state index in [2.05, 4.69) is 25.9 Å². The molecule has 0 bridgehead atoms. The molecule has 4 aliphatic heterocycles. The molecule has 6 rings (SSSR count). The third-order valence-electron chi connectivity index (χ3n) is 8.60. The minimum Gasteiger partial charge on any atom is -0.367 e. The van der Waals surface area contributed by atoms with E-state index in [9.17, 15) is 14.0 Å². The van der Waals surface area contributed by atoms with Crippen LogP contribution in [0.1, 0.15) is 25.7 Å². The van der Waals surface area contributed by atoms with Gasteiger partial charge in [-0.1, -0.05) is 0 Å². The number of piperidine rings is 1. The number of hydrazine groups is 1. The SMILES string of the molecule is NC1NN2CC(F)CNC2C1C(=O)Nc1cncc(F)c1N1CCC(C(=O)N2CCN(C3CC3)CC2)CC1. The lowest BCUT2D eigenvalue weighted by Crippen LogP contribution is -2.58. The molecule has 5 heterocycles. The van der Waals surface area contributed by atoms with Gasteiger partial charge in [-0.25, -0.2) is 19.2 Å². The summed E-state index contributed by atoms with van der Waals surface area (Å²) in [6.45, 7) is 4.73. The van der Waals surface area contributed by atoms with Crippen LogP contribution >= 0.6 is 0 Å². The molecule has 1 saturated carbocycles. The zero-order valence-corrected chi connectivity index (χ0v) is 21.5. The summed E-state index contributed by atoms with van der Waals surface area (Å²) in [5, 5.41) is 7.47. The Morgan fingerprint density at radius 1 is 1.05 bits per heavy atom. The Labute approximate surface area is 221 Å². The van der Waals surface area contributed by atoms with E-state index in [1.807, 2.05) is 9.80 Å². The molecule has 0 aromatic carbocycles. The van der Waals surface area contributed by atoms with Crippen LogP contribution in [0, 0.1) is 17.7 Å². The minimum atomic E-state index is -1.06. The molecule has 13 heteroatoms. The summed E-state index contributed by atoms with van der Waals surface area (Å²) >= 11 is 0. The number of hydrogen-bond donors (Lipinski definition) is 4. The van der Waals surface area contributed by atoms with E-state index >= 15 is 4.39 Å². The van der Waals surface area contributed by atoms with Crippen molar-refractivity contribution in [2.24, 2.45) is 17.6 Å². The Morgan fingerprint density at radius 3 is 2.50 bits per heavy atom. The van der Waals surface area contributed by atoms with Crippen molar-refractivity contribution < 1.29 is 18.4 Å². The van der Waals surface area contributed by atoms with Crippen molar-refractivity contribution in [1.82, 2.24) is 30.5 Å². The molecule has 1 aliphatic carbocycles. The number of anilines is 2. The number of alkyl halides is 1. The molecule has 5 aliphatic rings. The number of piperazine rings is 1. The largest absolute Gasteiger partial charge is 0.367 e. The van der Waals surface area contributed by atoms with Gasteiger partial charge in [-0.2, -0.15) is 0 Å². The zero-order valence-electron chi connectivity index (χ0n) is 21.5. The van der Waals surface area contributed by atoms with Crippen molar-refractivity contribution in [2.75, 3.05) is 62.6 Å². The molecule has 1 aromatic heterocycles. The first-order valence-corrected chi connectivity index (χ1v) is 13.8. The lowest BCUT2D eigenvalue weighted by Gasteiger charge is -2.39. The molecule has 2 amide bonds. The highest BCUT2D eigenvalue weighted by molar-refractivity contribution is 5.96. The molecule has 11 nitrogen and oxygen atoms in total. The highest BCUT2D eigenvalue weighted by Gasteiger charge is 2.47. The smallest absolute Gasteiger partial charge is 0.233 e. The monoisotopic (exact) mass is 533 g/mol. The zero-order chi connectivity index (χ0) is 26.4. The molecule has 1 aromatic rings. The average Bonchev–Trinajstić information content (AvgIpc) is 3.71. The van der Waals surface area contributed by atoms with Crippen molar-refractivity contribution in [1.29, 1.82) is 0 Å². The van der Waals surface area contributed by atoms with Crippen LogP contribution < -0.4 is 26.7 Å². The Hall–Kier alpha value is -2.45. The number of nitrogens with zero attached hydrogens (tertiary/aromatic N) is 5. The van der Waals surface area contributed by atoms with Crippen LogP contribution in [0.5, 0.6) is 0 Å². The molecular formula is C25H37F2N9O2. The fraction of sp³-hybridized carbons (Fsp3) is 0.720. The summed E-state index contributed by atoms with van der Waals surface area (Å²) in [7, 11) is 0. The van der Waals surface area contributed by atoms with Gasteiger partial charge in [0.1, 0.15) is 11.9 Å². The number of fused-ring (bicyclic) bond motifs is 1. The molecule has 4 atom stereocenters. The third kappa shape index (κ3) is 5.09. The Bertz CT molecular complexity index is 1040. The van der Waals surface area contributed by atoms with Crippen molar-refractivity contribution in [3.63, 3.8) is 0 Å². The summed E-state index contributed by atoms with van der Waals surface area (Å²) < 4.78 is 28.9. The summed E-state index contributed by atoms with van der Waals surface area (Å²) in [5.41, 5.74) is 9.66. The van der Waals surface area contributed by atoms with E-state index in [0.29, 0.717) is 25.9 Å². The maximum Gasteiger partial charge on any atom is 0.233 e. The molecule has 38 heavy (non-hydrogen) atoms. The molecule has 208 valence electrons. The number of nitrogens with one attached hydrogen (secondary N) is 3. The summed E-state index contributed by atoms with van der Waals surface area (Å²) in [5.74, 6) is -1.51. The molecule has 0 radical (unpaired) electrons. The Morgan fingerprint density at radius 2 is 1.79 bits per heavy atom. The van der Waals surface area contributed by atoms with E-state index in [1.54, 1.807) is 5.01 Å². The van der Waals surface area contributed by atoms with Crippen molar-refractivity contribution >= 4 is 23.2 Å².